The maximum Gasteiger partial charge on any atom is 0.162 e. The average Bonchev–Trinajstić information content (AvgIpc) is 2.41. The minimum absolute atomic E-state index is 0.729. The number of hydrogen-bond donors (Lipinski definition) is 0. The van der Waals surface area contributed by atoms with Crippen molar-refractivity contribution >= 4 is 31.9 Å². The lowest BCUT2D eigenvalue weighted by Gasteiger charge is -2.09. The van der Waals surface area contributed by atoms with Crippen molar-refractivity contribution in [3.8, 4) is 11.5 Å². The number of fused-ring (bicyclic) bond motifs is 1. The minimum Gasteiger partial charge on any atom is -0.490 e. The van der Waals surface area contributed by atoms with Gasteiger partial charge in [0.2, 0.25) is 0 Å². The predicted octanol–water partition coefficient (Wildman–Crippen LogP) is 3.51. The lowest BCUT2D eigenvalue weighted by atomic mass is 10.2. The molecule has 1 aliphatic heterocycles. The third kappa shape index (κ3) is 2.06. The Morgan fingerprint density at radius 3 is 2.43 bits per heavy atom. The Balaban J connectivity index is 2.41. The number of halogens is 2. The Hall–Kier alpha value is -0.220. The first-order valence-corrected chi connectivity index (χ1v) is 6.36. The molecular weight excluding hydrogens is 312 g/mol. The zero-order valence-corrected chi connectivity index (χ0v) is 10.7. The molecule has 0 unspecified atom stereocenters. The summed E-state index contributed by atoms with van der Waals surface area (Å²) in [6.45, 7) is 1.46. The first-order chi connectivity index (χ1) is 6.81. The number of hydrogen-bond acceptors (Lipinski definition) is 2. The highest BCUT2D eigenvalue weighted by atomic mass is 79.9. The minimum atomic E-state index is 0.729. The Kier molecular flexibility index (Phi) is 3.34. The van der Waals surface area contributed by atoms with Crippen LogP contribution in [-0.4, -0.2) is 13.2 Å². The van der Waals surface area contributed by atoms with E-state index in [4.69, 9.17) is 9.47 Å². The number of ether oxygens (including phenoxy) is 2. The van der Waals surface area contributed by atoms with Crippen molar-refractivity contribution in [3.63, 3.8) is 0 Å². The normalized spacial score (nSPS) is 15.0. The second-order valence-corrected chi connectivity index (χ2v) is 4.49. The van der Waals surface area contributed by atoms with Gasteiger partial charge in [-0.25, -0.2) is 0 Å². The van der Waals surface area contributed by atoms with Gasteiger partial charge in [0.05, 0.1) is 13.2 Å². The molecule has 0 bridgehead atoms. The van der Waals surface area contributed by atoms with Crippen molar-refractivity contribution in [2.75, 3.05) is 13.2 Å². The highest BCUT2D eigenvalue weighted by molar-refractivity contribution is 9.10. The van der Waals surface area contributed by atoms with Crippen LogP contribution in [0.15, 0.2) is 16.6 Å². The Bertz CT molecular complexity index is 339. The zero-order chi connectivity index (χ0) is 9.97. The smallest absolute Gasteiger partial charge is 0.162 e. The van der Waals surface area contributed by atoms with E-state index in [0.29, 0.717) is 0 Å². The van der Waals surface area contributed by atoms with Gasteiger partial charge < -0.3 is 9.47 Å². The quantitative estimate of drug-likeness (QED) is 0.737. The second-order valence-electron chi connectivity index (χ2n) is 3.07. The lowest BCUT2D eigenvalue weighted by Crippen LogP contribution is -1.97. The summed E-state index contributed by atoms with van der Waals surface area (Å²) in [5.41, 5.74) is 1.18. The van der Waals surface area contributed by atoms with Crippen molar-refractivity contribution in [2.45, 2.75) is 11.8 Å². The molecule has 14 heavy (non-hydrogen) atoms. The summed E-state index contributed by atoms with van der Waals surface area (Å²) in [6.07, 6.45) is 0.940. The summed E-state index contributed by atoms with van der Waals surface area (Å²) in [5, 5.41) is 0.810. The molecule has 0 saturated heterocycles. The molecule has 0 amide bonds. The van der Waals surface area contributed by atoms with Crippen molar-refractivity contribution in [1.82, 2.24) is 0 Å². The molecule has 1 heterocycles. The first-order valence-electron chi connectivity index (χ1n) is 4.45. The summed E-state index contributed by atoms with van der Waals surface area (Å²) >= 11 is 6.92. The van der Waals surface area contributed by atoms with Crippen LogP contribution in [0, 0.1) is 0 Å². The van der Waals surface area contributed by atoms with Crippen molar-refractivity contribution in [1.29, 1.82) is 0 Å². The molecule has 0 atom stereocenters. The van der Waals surface area contributed by atoms with Gasteiger partial charge in [0, 0.05) is 16.2 Å². The molecule has 2 nitrogen and oxygen atoms in total. The van der Waals surface area contributed by atoms with Crippen LogP contribution < -0.4 is 9.47 Å². The van der Waals surface area contributed by atoms with E-state index in [1.54, 1.807) is 0 Å². The molecule has 1 aromatic carbocycles. The molecule has 0 aromatic heterocycles. The fourth-order valence-electron chi connectivity index (χ4n) is 1.33. The van der Waals surface area contributed by atoms with E-state index >= 15 is 0 Å². The largest absolute Gasteiger partial charge is 0.490 e. The molecule has 1 aliphatic rings. The summed E-state index contributed by atoms with van der Waals surface area (Å²) in [5.74, 6) is 1.68. The number of rotatable bonds is 1. The highest BCUT2D eigenvalue weighted by Gasteiger charge is 2.12. The fraction of sp³-hybridized carbons (Fsp3) is 0.400. The van der Waals surface area contributed by atoms with E-state index in [-0.39, 0.29) is 0 Å². The van der Waals surface area contributed by atoms with Crippen LogP contribution in [0.2, 0.25) is 0 Å². The molecule has 0 radical (unpaired) electrons. The Labute approximate surface area is 99.8 Å². The van der Waals surface area contributed by atoms with Gasteiger partial charge in [0.15, 0.2) is 11.5 Å². The lowest BCUT2D eigenvalue weighted by molar-refractivity contribution is 0.297. The molecule has 0 saturated carbocycles. The van der Waals surface area contributed by atoms with Crippen LogP contribution in [-0.2, 0) is 5.33 Å². The van der Waals surface area contributed by atoms with Gasteiger partial charge in [-0.05, 0) is 17.7 Å². The summed E-state index contributed by atoms with van der Waals surface area (Å²) < 4.78 is 12.2. The monoisotopic (exact) mass is 320 g/mol. The topological polar surface area (TPSA) is 18.5 Å². The van der Waals surface area contributed by atoms with Gasteiger partial charge in [-0.3, -0.25) is 0 Å². The molecule has 1 aromatic rings. The van der Waals surface area contributed by atoms with E-state index in [0.717, 1.165) is 40.9 Å². The van der Waals surface area contributed by atoms with E-state index in [1.165, 1.54) is 5.56 Å². The molecule has 0 N–H and O–H groups in total. The molecule has 0 spiro atoms. The average molecular weight is 322 g/mol. The summed E-state index contributed by atoms with van der Waals surface area (Å²) in [7, 11) is 0. The highest BCUT2D eigenvalue weighted by Crippen LogP contribution is 2.35. The van der Waals surface area contributed by atoms with Gasteiger partial charge in [0.1, 0.15) is 0 Å². The van der Waals surface area contributed by atoms with Crippen molar-refractivity contribution < 1.29 is 9.47 Å². The second kappa shape index (κ2) is 4.53. The van der Waals surface area contributed by atoms with Crippen LogP contribution in [0.25, 0.3) is 0 Å². The van der Waals surface area contributed by atoms with E-state index in [2.05, 4.69) is 31.9 Å². The van der Waals surface area contributed by atoms with E-state index in [1.807, 2.05) is 12.1 Å². The molecule has 4 heteroatoms. The van der Waals surface area contributed by atoms with Gasteiger partial charge in [-0.15, -0.1) is 0 Å². The molecule has 0 fully saturated rings. The predicted molar refractivity (Wildman–Crippen MR) is 62.4 cm³/mol. The van der Waals surface area contributed by atoms with Gasteiger partial charge in [0.25, 0.3) is 0 Å². The molecule has 0 aliphatic carbocycles. The maximum atomic E-state index is 5.58. The third-order valence-corrected chi connectivity index (χ3v) is 3.40. The Morgan fingerprint density at radius 1 is 1.14 bits per heavy atom. The van der Waals surface area contributed by atoms with Gasteiger partial charge in [-0.1, -0.05) is 31.9 Å². The van der Waals surface area contributed by atoms with Crippen molar-refractivity contribution in [3.05, 3.63) is 22.2 Å². The fourth-order valence-corrected chi connectivity index (χ4v) is 2.63. The van der Waals surface area contributed by atoms with Gasteiger partial charge >= 0.3 is 0 Å². The number of alkyl halides is 1. The van der Waals surface area contributed by atoms with Crippen molar-refractivity contribution in [2.24, 2.45) is 0 Å². The molecule has 2 rings (SSSR count). The van der Waals surface area contributed by atoms with E-state index < -0.39 is 0 Å². The van der Waals surface area contributed by atoms with Crippen LogP contribution in [0.1, 0.15) is 12.0 Å². The van der Waals surface area contributed by atoms with Crippen LogP contribution in [0.5, 0.6) is 11.5 Å². The Morgan fingerprint density at radius 2 is 1.79 bits per heavy atom. The van der Waals surface area contributed by atoms with Crippen LogP contribution in [0.4, 0.5) is 0 Å². The van der Waals surface area contributed by atoms with Crippen LogP contribution in [0.3, 0.4) is 0 Å². The SMILES string of the molecule is BrCc1cc2c(cc1Br)OCCCO2. The van der Waals surface area contributed by atoms with Crippen LogP contribution >= 0.6 is 31.9 Å². The number of benzene rings is 1. The maximum absolute atomic E-state index is 5.58. The summed E-state index contributed by atoms with van der Waals surface area (Å²) in [6, 6.07) is 3.98. The van der Waals surface area contributed by atoms with Gasteiger partial charge in [-0.2, -0.15) is 0 Å². The molecule has 76 valence electrons. The zero-order valence-electron chi connectivity index (χ0n) is 7.56. The molecular formula is C10H10Br2O2. The first kappa shape index (κ1) is 10.3. The standard InChI is InChI=1S/C10H10Br2O2/c11-6-7-4-9-10(5-8(7)12)14-3-1-2-13-9/h4-5H,1-3,6H2. The van der Waals surface area contributed by atoms with E-state index in [9.17, 15) is 0 Å². The summed E-state index contributed by atoms with van der Waals surface area (Å²) in [4.78, 5) is 0. The third-order valence-electron chi connectivity index (χ3n) is 2.06.